The molecule has 0 unspecified atom stereocenters. The first-order chi connectivity index (χ1) is 7.77. The molecule has 0 saturated heterocycles. The van der Waals surface area contributed by atoms with Crippen molar-refractivity contribution in [2.75, 3.05) is 26.9 Å². The third-order valence-corrected chi connectivity index (χ3v) is 1.79. The van der Waals surface area contributed by atoms with Gasteiger partial charge in [0.25, 0.3) is 0 Å². The van der Waals surface area contributed by atoms with Gasteiger partial charge in [-0.15, -0.1) is 5.10 Å². The van der Waals surface area contributed by atoms with E-state index >= 15 is 0 Å². The molecule has 0 atom stereocenters. The second-order valence-electron chi connectivity index (χ2n) is 3.04. The third kappa shape index (κ3) is 3.90. The minimum atomic E-state index is -0.429. The van der Waals surface area contributed by atoms with Crippen LogP contribution in [0.1, 0.15) is 23.8 Å². The first-order valence-electron chi connectivity index (χ1n) is 5.12. The van der Waals surface area contributed by atoms with Gasteiger partial charge in [-0.25, -0.2) is 4.79 Å². The molecule has 6 nitrogen and oxygen atoms in total. The summed E-state index contributed by atoms with van der Waals surface area (Å²) in [6, 6.07) is 1.52. The van der Waals surface area contributed by atoms with Gasteiger partial charge in [0.2, 0.25) is 5.88 Å². The summed E-state index contributed by atoms with van der Waals surface area (Å²) in [5.74, 6) is -0.0408. The molecule has 0 spiro atoms. The Balaban J connectivity index is 2.36. The van der Waals surface area contributed by atoms with Crippen molar-refractivity contribution in [2.24, 2.45) is 0 Å². The monoisotopic (exact) mass is 228 g/mol. The fraction of sp³-hybridized carbons (Fsp3) is 0.600. The molecule has 0 bridgehead atoms. The highest BCUT2D eigenvalue weighted by atomic mass is 16.5. The Morgan fingerprint density at radius 2 is 2.31 bits per heavy atom. The van der Waals surface area contributed by atoms with Gasteiger partial charge in [-0.2, -0.15) is 0 Å². The molecule has 0 radical (unpaired) electrons. The van der Waals surface area contributed by atoms with Crippen LogP contribution in [0.3, 0.4) is 0 Å². The first kappa shape index (κ1) is 12.5. The molecular weight excluding hydrogens is 212 g/mol. The van der Waals surface area contributed by atoms with Gasteiger partial charge in [-0.1, -0.05) is 0 Å². The van der Waals surface area contributed by atoms with E-state index in [0.717, 1.165) is 6.42 Å². The number of aromatic nitrogens is 2. The molecule has 16 heavy (non-hydrogen) atoms. The number of hydrogen-bond acceptors (Lipinski definition) is 5. The molecule has 90 valence electrons. The van der Waals surface area contributed by atoms with Crippen LogP contribution in [-0.2, 0) is 9.47 Å². The van der Waals surface area contributed by atoms with Crippen LogP contribution in [0.25, 0.3) is 0 Å². The van der Waals surface area contributed by atoms with Crippen molar-refractivity contribution < 1.29 is 19.0 Å². The van der Waals surface area contributed by atoms with E-state index in [-0.39, 0.29) is 0 Å². The minimum Gasteiger partial charge on any atom is -0.477 e. The SMILES string of the molecule is CCOC(=O)c1cc(OCCCOC)n[nH]1. The fourth-order valence-electron chi connectivity index (χ4n) is 1.07. The smallest absolute Gasteiger partial charge is 0.356 e. The molecule has 0 aliphatic rings. The van der Waals surface area contributed by atoms with Gasteiger partial charge in [0.1, 0.15) is 5.69 Å². The van der Waals surface area contributed by atoms with Crippen molar-refractivity contribution in [3.63, 3.8) is 0 Å². The Morgan fingerprint density at radius 1 is 1.50 bits per heavy atom. The lowest BCUT2D eigenvalue weighted by Gasteiger charge is -2.00. The summed E-state index contributed by atoms with van der Waals surface area (Å²) in [6.45, 7) is 3.22. The highest BCUT2D eigenvalue weighted by Gasteiger charge is 2.10. The van der Waals surface area contributed by atoms with E-state index in [4.69, 9.17) is 14.2 Å². The highest BCUT2D eigenvalue weighted by molar-refractivity contribution is 5.87. The van der Waals surface area contributed by atoms with E-state index in [1.165, 1.54) is 6.07 Å². The van der Waals surface area contributed by atoms with E-state index in [2.05, 4.69) is 10.2 Å². The quantitative estimate of drug-likeness (QED) is 0.556. The van der Waals surface area contributed by atoms with E-state index < -0.39 is 5.97 Å². The van der Waals surface area contributed by atoms with Gasteiger partial charge in [0, 0.05) is 26.2 Å². The van der Waals surface area contributed by atoms with Crippen LogP contribution in [-0.4, -0.2) is 43.1 Å². The van der Waals surface area contributed by atoms with Gasteiger partial charge in [-0.3, -0.25) is 5.10 Å². The lowest BCUT2D eigenvalue weighted by Crippen LogP contribution is -2.04. The molecule has 0 aromatic carbocycles. The minimum absolute atomic E-state index is 0.295. The number of carbonyl (C=O) groups excluding carboxylic acids is 1. The number of methoxy groups -OCH3 is 1. The van der Waals surface area contributed by atoms with Crippen molar-refractivity contribution in [3.8, 4) is 5.88 Å². The zero-order valence-corrected chi connectivity index (χ0v) is 9.49. The molecule has 1 heterocycles. The first-order valence-corrected chi connectivity index (χ1v) is 5.12. The average Bonchev–Trinajstić information content (AvgIpc) is 2.73. The summed E-state index contributed by atoms with van der Waals surface area (Å²) in [7, 11) is 1.63. The number of aromatic amines is 1. The second-order valence-corrected chi connectivity index (χ2v) is 3.04. The summed E-state index contributed by atoms with van der Waals surface area (Å²) >= 11 is 0. The molecule has 0 saturated carbocycles. The van der Waals surface area contributed by atoms with Crippen molar-refractivity contribution >= 4 is 5.97 Å². The predicted molar refractivity (Wildman–Crippen MR) is 56.5 cm³/mol. The number of esters is 1. The Morgan fingerprint density at radius 3 is 3.00 bits per heavy atom. The molecule has 0 amide bonds. The van der Waals surface area contributed by atoms with Gasteiger partial charge >= 0.3 is 5.97 Å². The summed E-state index contributed by atoms with van der Waals surface area (Å²) in [6.07, 6.45) is 0.776. The molecule has 0 aliphatic heterocycles. The molecule has 1 aromatic rings. The number of H-pyrrole nitrogens is 1. The second kappa shape index (κ2) is 6.84. The number of ether oxygens (including phenoxy) is 3. The van der Waals surface area contributed by atoms with Crippen LogP contribution >= 0.6 is 0 Å². The maximum atomic E-state index is 11.3. The molecule has 0 aliphatic carbocycles. The average molecular weight is 228 g/mol. The molecule has 1 aromatic heterocycles. The third-order valence-electron chi connectivity index (χ3n) is 1.79. The molecule has 0 fully saturated rings. The number of nitrogens with zero attached hydrogens (tertiary/aromatic N) is 1. The van der Waals surface area contributed by atoms with E-state index in [1.807, 2.05) is 0 Å². The van der Waals surface area contributed by atoms with Crippen LogP contribution in [0.4, 0.5) is 0 Å². The van der Waals surface area contributed by atoms with E-state index in [9.17, 15) is 4.79 Å². The molecule has 6 heteroatoms. The Kier molecular flexibility index (Phi) is 5.35. The van der Waals surface area contributed by atoms with E-state index in [1.54, 1.807) is 14.0 Å². The lowest BCUT2D eigenvalue weighted by molar-refractivity contribution is 0.0519. The zero-order chi connectivity index (χ0) is 11.8. The molecule has 1 N–H and O–H groups in total. The van der Waals surface area contributed by atoms with Crippen LogP contribution in [0, 0.1) is 0 Å². The topological polar surface area (TPSA) is 73.4 Å². The highest BCUT2D eigenvalue weighted by Crippen LogP contribution is 2.09. The number of nitrogens with one attached hydrogen (secondary N) is 1. The van der Waals surface area contributed by atoms with Crippen molar-refractivity contribution in [2.45, 2.75) is 13.3 Å². The van der Waals surface area contributed by atoms with Crippen LogP contribution in [0.15, 0.2) is 6.07 Å². The maximum absolute atomic E-state index is 11.3. The normalized spacial score (nSPS) is 10.1. The summed E-state index contributed by atoms with van der Waals surface area (Å²) in [4.78, 5) is 11.3. The maximum Gasteiger partial charge on any atom is 0.356 e. The van der Waals surface area contributed by atoms with Crippen molar-refractivity contribution in [1.82, 2.24) is 10.2 Å². The summed E-state index contributed by atoms with van der Waals surface area (Å²) < 4.78 is 15.0. The number of rotatable bonds is 7. The number of carbonyl (C=O) groups is 1. The Labute approximate surface area is 93.9 Å². The van der Waals surface area contributed by atoms with Gasteiger partial charge in [0.15, 0.2) is 0 Å². The Bertz CT molecular complexity index is 324. The fourth-order valence-corrected chi connectivity index (χ4v) is 1.07. The largest absolute Gasteiger partial charge is 0.477 e. The molecular formula is C10H16N2O4. The predicted octanol–water partition coefficient (Wildman–Crippen LogP) is 1.00. The standard InChI is InChI=1S/C10H16N2O4/c1-3-15-10(13)8-7-9(12-11-8)16-6-4-5-14-2/h7H,3-6H2,1-2H3,(H,11,12). The van der Waals surface area contributed by atoms with Crippen molar-refractivity contribution in [1.29, 1.82) is 0 Å². The zero-order valence-electron chi connectivity index (χ0n) is 9.49. The summed E-state index contributed by atoms with van der Waals surface area (Å²) in [5, 5.41) is 6.38. The van der Waals surface area contributed by atoms with Crippen LogP contribution in [0.2, 0.25) is 0 Å². The Hall–Kier alpha value is -1.56. The van der Waals surface area contributed by atoms with Gasteiger partial charge in [-0.05, 0) is 6.92 Å². The lowest BCUT2D eigenvalue weighted by atomic mass is 10.4. The van der Waals surface area contributed by atoms with Crippen LogP contribution < -0.4 is 4.74 Å². The molecule has 1 rings (SSSR count). The van der Waals surface area contributed by atoms with Crippen LogP contribution in [0.5, 0.6) is 5.88 Å². The number of hydrogen-bond donors (Lipinski definition) is 1. The van der Waals surface area contributed by atoms with Gasteiger partial charge in [0.05, 0.1) is 13.2 Å². The van der Waals surface area contributed by atoms with E-state index in [0.29, 0.717) is 31.4 Å². The summed E-state index contributed by atoms with van der Waals surface area (Å²) in [5.41, 5.74) is 0.295. The van der Waals surface area contributed by atoms with Gasteiger partial charge < -0.3 is 14.2 Å². The van der Waals surface area contributed by atoms with Crippen molar-refractivity contribution in [3.05, 3.63) is 11.8 Å².